The molecular weight excluding hydrogens is 348 g/mol. The molecule has 142 valence electrons. The zero-order valence-corrected chi connectivity index (χ0v) is 16.2. The lowest BCUT2D eigenvalue weighted by molar-refractivity contribution is 0.0943. The van der Waals surface area contributed by atoms with Crippen LogP contribution >= 0.6 is 0 Å². The molecule has 2 aromatic heterocycles. The number of amides is 1. The average Bonchev–Trinajstić information content (AvgIpc) is 3.27. The fourth-order valence-electron chi connectivity index (χ4n) is 3.93. The summed E-state index contributed by atoms with van der Waals surface area (Å²) in [6, 6.07) is 13.9. The summed E-state index contributed by atoms with van der Waals surface area (Å²) in [5.41, 5.74) is 5.34. The summed E-state index contributed by atoms with van der Waals surface area (Å²) in [4.78, 5) is 16.4. The Morgan fingerprint density at radius 3 is 2.71 bits per heavy atom. The van der Waals surface area contributed by atoms with Gasteiger partial charge in [-0.2, -0.15) is 5.10 Å². The Morgan fingerprint density at radius 1 is 1.14 bits per heavy atom. The van der Waals surface area contributed by atoms with Gasteiger partial charge in [-0.1, -0.05) is 42.5 Å². The van der Waals surface area contributed by atoms with Gasteiger partial charge in [-0.15, -0.1) is 0 Å². The monoisotopic (exact) mass is 372 g/mol. The van der Waals surface area contributed by atoms with E-state index in [1.807, 2.05) is 6.07 Å². The van der Waals surface area contributed by atoms with Gasteiger partial charge in [-0.25, -0.2) is 0 Å². The van der Waals surface area contributed by atoms with E-state index in [2.05, 4.69) is 65.2 Å². The van der Waals surface area contributed by atoms with E-state index >= 15 is 0 Å². The molecule has 0 saturated carbocycles. The average molecular weight is 372 g/mol. The van der Waals surface area contributed by atoms with Crippen LogP contribution in [0.15, 0.2) is 67.0 Å². The third kappa shape index (κ3) is 3.74. The van der Waals surface area contributed by atoms with Crippen LogP contribution in [0.25, 0.3) is 0 Å². The number of hydrogen-bond acceptors (Lipinski definition) is 3. The predicted molar refractivity (Wildman–Crippen MR) is 109 cm³/mol. The van der Waals surface area contributed by atoms with E-state index in [1.165, 1.54) is 16.8 Å². The van der Waals surface area contributed by atoms with E-state index < -0.39 is 0 Å². The zero-order chi connectivity index (χ0) is 19.5. The molecule has 1 aliphatic carbocycles. The zero-order valence-electron chi connectivity index (χ0n) is 16.2. The summed E-state index contributed by atoms with van der Waals surface area (Å²) in [5.74, 6) is 0.181. The van der Waals surface area contributed by atoms with Crippen molar-refractivity contribution < 1.29 is 4.79 Å². The quantitative estimate of drug-likeness (QED) is 0.693. The highest BCUT2D eigenvalue weighted by Gasteiger charge is 2.27. The van der Waals surface area contributed by atoms with E-state index in [4.69, 9.17) is 5.10 Å². The van der Waals surface area contributed by atoms with Gasteiger partial charge < -0.3 is 5.32 Å². The van der Waals surface area contributed by atoms with Gasteiger partial charge in [0.1, 0.15) is 0 Å². The van der Waals surface area contributed by atoms with E-state index in [1.54, 1.807) is 24.5 Å². The Kier molecular flexibility index (Phi) is 5.06. The van der Waals surface area contributed by atoms with Gasteiger partial charge in [0.05, 0.1) is 17.8 Å². The molecule has 1 N–H and O–H groups in total. The van der Waals surface area contributed by atoms with Crippen LogP contribution in [0.4, 0.5) is 0 Å². The first kappa shape index (κ1) is 18.2. The van der Waals surface area contributed by atoms with Crippen molar-refractivity contribution in [3.63, 3.8) is 0 Å². The SMILES string of the molecule is Cc1nn(Cc2ccccc2)c(C)c1C1C=CC(NC(=O)c2cccnc2)C1. The highest BCUT2D eigenvalue weighted by atomic mass is 16.1. The molecule has 5 heteroatoms. The molecule has 1 amide bonds. The van der Waals surface area contributed by atoms with Crippen LogP contribution in [0.3, 0.4) is 0 Å². The van der Waals surface area contributed by atoms with Crippen molar-refractivity contribution in [2.75, 3.05) is 0 Å². The number of carbonyl (C=O) groups excluding carboxylic acids is 1. The maximum atomic E-state index is 12.4. The van der Waals surface area contributed by atoms with E-state index in [0.29, 0.717) is 5.56 Å². The normalized spacial score (nSPS) is 18.4. The number of rotatable bonds is 5. The van der Waals surface area contributed by atoms with Crippen LogP contribution in [0, 0.1) is 13.8 Å². The molecule has 0 fully saturated rings. The molecule has 0 aliphatic heterocycles. The Hall–Kier alpha value is -3.21. The van der Waals surface area contributed by atoms with E-state index in [0.717, 1.165) is 18.7 Å². The maximum absolute atomic E-state index is 12.4. The van der Waals surface area contributed by atoms with Crippen molar-refractivity contribution in [3.05, 3.63) is 95.1 Å². The highest BCUT2D eigenvalue weighted by molar-refractivity contribution is 5.94. The summed E-state index contributed by atoms with van der Waals surface area (Å²) in [6.45, 7) is 4.97. The molecule has 0 spiro atoms. The van der Waals surface area contributed by atoms with Crippen molar-refractivity contribution in [1.82, 2.24) is 20.1 Å². The Bertz CT molecular complexity index is 992. The van der Waals surface area contributed by atoms with Crippen molar-refractivity contribution >= 4 is 5.91 Å². The number of pyridine rings is 1. The number of carbonyl (C=O) groups is 1. The van der Waals surface area contributed by atoms with E-state index in [9.17, 15) is 4.79 Å². The number of benzene rings is 1. The minimum atomic E-state index is -0.0865. The molecular formula is C23H24N4O. The molecule has 0 bridgehead atoms. The lowest BCUT2D eigenvalue weighted by atomic mass is 9.96. The molecule has 3 aromatic rings. The second-order valence-corrected chi connectivity index (χ2v) is 7.28. The minimum absolute atomic E-state index is 0.0222. The third-order valence-corrected chi connectivity index (χ3v) is 5.31. The fraction of sp³-hybridized carbons (Fsp3) is 0.261. The van der Waals surface area contributed by atoms with Crippen LogP contribution in [0.1, 0.15) is 45.2 Å². The number of hydrogen-bond donors (Lipinski definition) is 1. The fourth-order valence-corrected chi connectivity index (χ4v) is 3.93. The van der Waals surface area contributed by atoms with Crippen molar-refractivity contribution in [2.24, 2.45) is 0 Å². The number of aryl methyl sites for hydroxylation is 1. The van der Waals surface area contributed by atoms with E-state index in [-0.39, 0.29) is 17.9 Å². The van der Waals surface area contributed by atoms with Gasteiger partial charge in [0.25, 0.3) is 5.91 Å². The lowest BCUT2D eigenvalue weighted by Gasteiger charge is -2.15. The van der Waals surface area contributed by atoms with Crippen molar-refractivity contribution in [2.45, 2.75) is 38.8 Å². The van der Waals surface area contributed by atoms with Crippen LogP contribution in [0.2, 0.25) is 0 Å². The molecule has 1 aliphatic rings. The van der Waals surface area contributed by atoms with Crippen LogP contribution in [-0.4, -0.2) is 26.7 Å². The molecule has 2 heterocycles. The highest BCUT2D eigenvalue weighted by Crippen LogP contribution is 2.33. The van der Waals surface area contributed by atoms with Crippen LogP contribution in [-0.2, 0) is 6.54 Å². The number of nitrogens with one attached hydrogen (secondary N) is 1. The number of aromatic nitrogens is 3. The molecule has 2 atom stereocenters. The second kappa shape index (κ2) is 7.80. The minimum Gasteiger partial charge on any atom is -0.346 e. The van der Waals surface area contributed by atoms with Gasteiger partial charge in [0, 0.05) is 35.6 Å². The topological polar surface area (TPSA) is 59.8 Å². The van der Waals surface area contributed by atoms with Crippen LogP contribution < -0.4 is 5.32 Å². The number of allylic oxidation sites excluding steroid dienone is 1. The largest absolute Gasteiger partial charge is 0.346 e. The van der Waals surface area contributed by atoms with Gasteiger partial charge in [0.15, 0.2) is 0 Å². The molecule has 4 rings (SSSR count). The smallest absolute Gasteiger partial charge is 0.253 e. The molecule has 2 unspecified atom stereocenters. The van der Waals surface area contributed by atoms with Crippen molar-refractivity contribution in [3.8, 4) is 0 Å². The standard InChI is InChI=1S/C23H24N4O/c1-16-22(17(2)27(26-16)15-18-7-4-3-5-8-18)19-10-11-21(13-19)25-23(28)20-9-6-12-24-14-20/h3-12,14,19,21H,13,15H2,1-2H3,(H,25,28). The molecule has 0 saturated heterocycles. The van der Waals surface area contributed by atoms with Gasteiger partial charge >= 0.3 is 0 Å². The first-order valence-corrected chi connectivity index (χ1v) is 9.59. The summed E-state index contributed by atoms with van der Waals surface area (Å²) < 4.78 is 2.08. The summed E-state index contributed by atoms with van der Waals surface area (Å²) in [6.07, 6.45) is 8.39. The van der Waals surface area contributed by atoms with Crippen molar-refractivity contribution in [1.29, 1.82) is 0 Å². The Morgan fingerprint density at radius 2 is 1.96 bits per heavy atom. The lowest BCUT2D eigenvalue weighted by Crippen LogP contribution is -2.32. The second-order valence-electron chi connectivity index (χ2n) is 7.28. The summed E-state index contributed by atoms with van der Waals surface area (Å²) >= 11 is 0. The van der Waals surface area contributed by atoms with Crippen LogP contribution in [0.5, 0.6) is 0 Å². The maximum Gasteiger partial charge on any atom is 0.253 e. The predicted octanol–water partition coefficient (Wildman–Crippen LogP) is 3.79. The first-order valence-electron chi connectivity index (χ1n) is 9.59. The number of nitrogens with zero attached hydrogens (tertiary/aromatic N) is 3. The Balaban J connectivity index is 1.46. The molecule has 28 heavy (non-hydrogen) atoms. The third-order valence-electron chi connectivity index (χ3n) is 5.31. The molecule has 0 radical (unpaired) electrons. The molecule has 5 nitrogen and oxygen atoms in total. The summed E-state index contributed by atoms with van der Waals surface area (Å²) in [5, 5.41) is 7.86. The van der Waals surface area contributed by atoms with Gasteiger partial charge in [-0.3, -0.25) is 14.5 Å². The van der Waals surface area contributed by atoms with Gasteiger partial charge in [0.2, 0.25) is 0 Å². The van der Waals surface area contributed by atoms with Gasteiger partial charge in [-0.05, 0) is 38.0 Å². The first-order chi connectivity index (χ1) is 13.6. The molecule has 1 aromatic carbocycles. The summed E-state index contributed by atoms with van der Waals surface area (Å²) in [7, 11) is 0. The Labute approximate surface area is 165 Å².